The number of thiazole rings is 1. The molecule has 1 saturated heterocycles. The van der Waals surface area contributed by atoms with E-state index in [0.29, 0.717) is 24.6 Å². The van der Waals surface area contributed by atoms with Crippen LogP contribution in [-0.4, -0.2) is 54.7 Å². The van der Waals surface area contributed by atoms with Gasteiger partial charge in [-0.15, -0.1) is 0 Å². The van der Waals surface area contributed by atoms with E-state index in [9.17, 15) is 4.79 Å². The Balaban J connectivity index is 1.25. The second-order valence-corrected chi connectivity index (χ2v) is 8.61. The van der Waals surface area contributed by atoms with Crippen LogP contribution < -0.4 is 14.4 Å². The van der Waals surface area contributed by atoms with Gasteiger partial charge >= 0.3 is 0 Å². The number of aryl methyl sites for hydroxylation is 2. The molecule has 0 N–H and O–H groups in total. The second-order valence-electron chi connectivity index (χ2n) is 7.60. The molecule has 1 amide bonds. The normalized spacial score (nSPS) is 18.9. The van der Waals surface area contributed by atoms with E-state index in [-0.39, 0.29) is 12.5 Å². The first-order valence-electron chi connectivity index (χ1n) is 9.88. The summed E-state index contributed by atoms with van der Waals surface area (Å²) in [5, 5.41) is 1.03. The molecule has 0 aliphatic carbocycles. The molecule has 3 heterocycles. The number of carbonyl (C=O) groups is 1. The minimum absolute atomic E-state index is 0.00470. The lowest BCUT2D eigenvalue weighted by molar-refractivity contribution is -0.141. The van der Waals surface area contributed by atoms with Gasteiger partial charge in [0.05, 0.1) is 10.2 Å². The van der Waals surface area contributed by atoms with E-state index in [1.165, 1.54) is 15.8 Å². The number of benzene rings is 2. The number of anilines is 1. The van der Waals surface area contributed by atoms with Crippen LogP contribution in [0.25, 0.3) is 10.2 Å². The zero-order valence-electron chi connectivity index (χ0n) is 16.6. The van der Waals surface area contributed by atoms with E-state index >= 15 is 0 Å². The minimum Gasteiger partial charge on any atom is -0.485 e. The van der Waals surface area contributed by atoms with Gasteiger partial charge in [0.15, 0.2) is 16.6 Å². The molecule has 0 bridgehead atoms. The number of ether oxygens (including phenoxy) is 2. The molecule has 0 saturated carbocycles. The van der Waals surface area contributed by atoms with Crippen molar-refractivity contribution in [2.75, 3.05) is 37.7 Å². The Morgan fingerprint density at radius 3 is 2.66 bits per heavy atom. The summed E-state index contributed by atoms with van der Waals surface area (Å²) in [5.74, 6) is 1.33. The van der Waals surface area contributed by atoms with Crippen LogP contribution in [0.15, 0.2) is 36.4 Å². The molecule has 0 radical (unpaired) electrons. The summed E-state index contributed by atoms with van der Waals surface area (Å²) in [6, 6.07) is 11.8. The van der Waals surface area contributed by atoms with Crippen LogP contribution in [0.2, 0.25) is 0 Å². The molecule has 7 heteroatoms. The monoisotopic (exact) mass is 409 g/mol. The van der Waals surface area contributed by atoms with Crippen molar-refractivity contribution in [1.29, 1.82) is 0 Å². The summed E-state index contributed by atoms with van der Waals surface area (Å²) < 4.78 is 12.8. The Bertz CT molecular complexity index is 1070. The fourth-order valence-corrected chi connectivity index (χ4v) is 5.15. The molecule has 2 aromatic carbocycles. The number of carbonyl (C=O) groups excluding carboxylic acids is 1. The number of nitrogens with zero attached hydrogens (tertiary/aromatic N) is 3. The van der Waals surface area contributed by atoms with Gasteiger partial charge < -0.3 is 19.3 Å². The third-order valence-corrected chi connectivity index (χ3v) is 6.53. The molecule has 1 fully saturated rings. The van der Waals surface area contributed by atoms with Crippen molar-refractivity contribution < 1.29 is 14.3 Å². The van der Waals surface area contributed by atoms with Gasteiger partial charge in [0.1, 0.15) is 6.61 Å². The van der Waals surface area contributed by atoms with Crippen molar-refractivity contribution in [2.45, 2.75) is 20.0 Å². The van der Waals surface area contributed by atoms with Crippen molar-refractivity contribution in [3.05, 3.63) is 47.5 Å². The molecule has 0 unspecified atom stereocenters. The molecule has 2 aliphatic heterocycles. The lowest BCUT2D eigenvalue weighted by Crippen LogP contribution is -2.54. The number of para-hydroxylation sites is 2. The van der Waals surface area contributed by atoms with Gasteiger partial charge in [0.2, 0.25) is 6.10 Å². The topological polar surface area (TPSA) is 54.9 Å². The third kappa shape index (κ3) is 3.40. The molecule has 6 nitrogen and oxygen atoms in total. The van der Waals surface area contributed by atoms with Gasteiger partial charge in [0, 0.05) is 26.2 Å². The number of amides is 1. The Hall–Kier alpha value is -2.80. The SMILES string of the molecule is Cc1cc(C)c2nc(N3CCN(C(=O)[C@H]4COc5ccccc5O4)CC3)sc2c1. The van der Waals surface area contributed by atoms with Gasteiger partial charge in [-0.25, -0.2) is 4.98 Å². The zero-order chi connectivity index (χ0) is 20.0. The van der Waals surface area contributed by atoms with Gasteiger partial charge in [-0.2, -0.15) is 0 Å². The van der Waals surface area contributed by atoms with Crippen molar-refractivity contribution in [3.8, 4) is 11.5 Å². The van der Waals surface area contributed by atoms with Crippen molar-refractivity contribution in [2.24, 2.45) is 0 Å². The Kier molecular flexibility index (Phi) is 4.54. The third-order valence-electron chi connectivity index (χ3n) is 5.46. The second kappa shape index (κ2) is 7.22. The highest BCUT2D eigenvalue weighted by molar-refractivity contribution is 7.22. The lowest BCUT2D eigenvalue weighted by atomic mass is 10.1. The lowest BCUT2D eigenvalue weighted by Gasteiger charge is -2.37. The van der Waals surface area contributed by atoms with Gasteiger partial charge in [0.25, 0.3) is 5.91 Å². The number of aromatic nitrogens is 1. The van der Waals surface area contributed by atoms with E-state index < -0.39 is 6.10 Å². The Labute approximate surface area is 173 Å². The summed E-state index contributed by atoms with van der Waals surface area (Å²) in [5.41, 5.74) is 3.56. The zero-order valence-corrected chi connectivity index (χ0v) is 17.4. The predicted molar refractivity (Wildman–Crippen MR) is 114 cm³/mol. The van der Waals surface area contributed by atoms with Crippen LogP contribution in [0.4, 0.5) is 5.13 Å². The fourth-order valence-electron chi connectivity index (χ4n) is 3.96. The van der Waals surface area contributed by atoms with Gasteiger partial charge in [-0.3, -0.25) is 4.79 Å². The number of fused-ring (bicyclic) bond motifs is 2. The first-order valence-corrected chi connectivity index (χ1v) is 10.7. The maximum Gasteiger partial charge on any atom is 0.267 e. The molecule has 3 aromatic rings. The highest BCUT2D eigenvalue weighted by atomic mass is 32.1. The van der Waals surface area contributed by atoms with Crippen molar-refractivity contribution in [1.82, 2.24) is 9.88 Å². The first-order chi connectivity index (χ1) is 14.1. The number of hydrogen-bond donors (Lipinski definition) is 0. The minimum atomic E-state index is -0.579. The van der Waals surface area contributed by atoms with E-state index in [1.54, 1.807) is 11.3 Å². The number of rotatable bonds is 2. The van der Waals surface area contributed by atoms with E-state index in [2.05, 4.69) is 30.9 Å². The summed E-state index contributed by atoms with van der Waals surface area (Å²) in [4.78, 5) is 21.9. The fraction of sp³-hybridized carbons (Fsp3) is 0.364. The van der Waals surface area contributed by atoms with E-state index in [0.717, 1.165) is 23.7 Å². The number of hydrogen-bond acceptors (Lipinski definition) is 6. The molecule has 1 aromatic heterocycles. The van der Waals surface area contributed by atoms with Crippen LogP contribution >= 0.6 is 11.3 Å². The highest BCUT2D eigenvalue weighted by Gasteiger charge is 2.33. The van der Waals surface area contributed by atoms with Gasteiger partial charge in [-0.1, -0.05) is 29.5 Å². The molecular formula is C22H23N3O3S. The smallest absolute Gasteiger partial charge is 0.267 e. The van der Waals surface area contributed by atoms with Crippen LogP contribution in [0.3, 0.4) is 0 Å². The molecular weight excluding hydrogens is 386 g/mol. The maximum absolute atomic E-state index is 12.9. The first kappa shape index (κ1) is 18.2. The average molecular weight is 410 g/mol. The van der Waals surface area contributed by atoms with E-state index in [4.69, 9.17) is 14.5 Å². The molecule has 2 aliphatic rings. The predicted octanol–water partition coefficient (Wildman–Crippen LogP) is 3.40. The van der Waals surface area contributed by atoms with Crippen molar-refractivity contribution in [3.63, 3.8) is 0 Å². The number of piperazine rings is 1. The maximum atomic E-state index is 12.9. The molecule has 1 atom stereocenters. The van der Waals surface area contributed by atoms with Crippen LogP contribution in [-0.2, 0) is 4.79 Å². The summed E-state index contributed by atoms with van der Waals surface area (Å²) in [6.45, 7) is 7.35. The average Bonchev–Trinajstić information content (AvgIpc) is 3.17. The van der Waals surface area contributed by atoms with Gasteiger partial charge in [-0.05, 0) is 43.2 Å². The summed E-state index contributed by atoms with van der Waals surface area (Å²) >= 11 is 1.73. The Morgan fingerprint density at radius 2 is 1.86 bits per heavy atom. The molecule has 0 spiro atoms. The van der Waals surface area contributed by atoms with Crippen LogP contribution in [0, 0.1) is 13.8 Å². The molecule has 5 rings (SSSR count). The molecule has 29 heavy (non-hydrogen) atoms. The van der Waals surface area contributed by atoms with Crippen LogP contribution in [0.5, 0.6) is 11.5 Å². The quantitative estimate of drug-likeness (QED) is 0.649. The summed E-state index contributed by atoms with van der Waals surface area (Å²) in [6.07, 6.45) is -0.579. The largest absolute Gasteiger partial charge is 0.485 e. The standard InChI is InChI=1S/C22H23N3O3S/c1-14-11-15(2)20-19(12-14)29-22(23-20)25-9-7-24(8-10-25)21(26)18-13-27-16-5-3-4-6-17(16)28-18/h3-6,11-12,18H,7-10,13H2,1-2H3/t18-/m1/s1. The highest BCUT2D eigenvalue weighted by Crippen LogP contribution is 2.33. The van der Waals surface area contributed by atoms with Crippen LogP contribution in [0.1, 0.15) is 11.1 Å². The van der Waals surface area contributed by atoms with Crippen molar-refractivity contribution >= 4 is 32.6 Å². The Morgan fingerprint density at radius 1 is 1.10 bits per heavy atom. The van der Waals surface area contributed by atoms with E-state index in [1.807, 2.05) is 29.2 Å². The summed E-state index contributed by atoms with van der Waals surface area (Å²) in [7, 11) is 0. The molecule has 150 valence electrons.